The largest absolute Gasteiger partial charge is 0.339 e. The molecule has 0 spiro atoms. The predicted molar refractivity (Wildman–Crippen MR) is 98.5 cm³/mol. The van der Waals surface area contributed by atoms with Crippen LogP contribution in [-0.4, -0.2) is 15.2 Å². The van der Waals surface area contributed by atoms with E-state index in [4.69, 9.17) is 11.6 Å². The van der Waals surface area contributed by atoms with Gasteiger partial charge in [-0.05, 0) is 50.1 Å². The molecule has 0 aliphatic heterocycles. The third-order valence-electron chi connectivity index (χ3n) is 3.57. The third kappa shape index (κ3) is 3.81. The molecule has 2 N–H and O–H groups in total. The normalized spacial score (nSPS) is 10.5. The molecular formula is C18H18ClN5. The number of hydrogen-bond donors (Lipinski definition) is 2. The molecule has 0 amide bonds. The van der Waals surface area contributed by atoms with Gasteiger partial charge >= 0.3 is 0 Å². The average Bonchev–Trinajstić information content (AvgIpc) is 2.51. The number of aromatic nitrogens is 3. The van der Waals surface area contributed by atoms with E-state index in [0.717, 1.165) is 22.5 Å². The topological polar surface area (TPSA) is 62.7 Å². The van der Waals surface area contributed by atoms with Crippen LogP contribution in [0.3, 0.4) is 0 Å². The summed E-state index contributed by atoms with van der Waals surface area (Å²) in [5, 5.41) is 15.2. The fraction of sp³-hybridized carbons (Fsp3) is 0.167. The van der Waals surface area contributed by atoms with Gasteiger partial charge < -0.3 is 10.6 Å². The molecular weight excluding hydrogens is 322 g/mol. The molecule has 5 nitrogen and oxygen atoms in total. The second-order valence-corrected chi connectivity index (χ2v) is 6.14. The summed E-state index contributed by atoms with van der Waals surface area (Å²) in [6.45, 7) is 6.20. The smallest absolute Gasteiger partial charge is 0.249 e. The first-order chi connectivity index (χ1) is 11.5. The summed E-state index contributed by atoms with van der Waals surface area (Å²) in [7, 11) is 0. The highest BCUT2D eigenvalue weighted by Gasteiger charge is 2.07. The van der Waals surface area contributed by atoms with Crippen LogP contribution < -0.4 is 10.6 Å². The molecule has 0 unspecified atom stereocenters. The van der Waals surface area contributed by atoms with E-state index in [9.17, 15) is 0 Å². The fourth-order valence-corrected chi connectivity index (χ4v) is 2.81. The number of nitrogens with zero attached hydrogens (tertiary/aromatic N) is 3. The van der Waals surface area contributed by atoms with Crippen molar-refractivity contribution in [1.82, 2.24) is 15.2 Å². The number of hydrogen-bond acceptors (Lipinski definition) is 5. The van der Waals surface area contributed by atoms with Crippen molar-refractivity contribution in [2.24, 2.45) is 0 Å². The quantitative estimate of drug-likeness (QED) is 0.705. The first-order valence-corrected chi connectivity index (χ1v) is 7.96. The zero-order valence-corrected chi connectivity index (χ0v) is 14.5. The molecule has 6 heteroatoms. The molecule has 3 rings (SSSR count). The van der Waals surface area contributed by atoms with Gasteiger partial charge in [-0.1, -0.05) is 35.4 Å². The Bertz CT molecular complexity index is 856. The van der Waals surface area contributed by atoms with Gasteiger partial charge in [0.2, 0.25) is 5.95 Å². The molecule has 24 heavy (non-hydrogen) atoms. The summed E-state index contributed by atoms with van der Waals surface area (Å²) < 4.78 is 0. The molecule has 0 fully saturated rings. The van der Waals surface area contributed by atoms with Gasteiger partial charge in [-0.2, -0.15) is 10.1 Å². The lowest BCUT2D eigenvalue weighted by molar-refractivity contribution is 0.981. The van der Waals surface area contributed by atoms with Crippen molar-refractivity contribution in [1.29, 1.82) is 0 Å². The zero-order valence-electron chi connectivity index (χ0n) is 13.8. The Balaban J connectivity index is 1.83. The first-order valence-electron chi connectivity index (χ1n) is 7.58. The van der Waals surface area contributed by atoms with Gasteiger partial charge in [-0.25, -0.2) is 0 Å². The number of aryl methyl sites for hydroxylation is 3. The van der Waals surface area contributed by atoms with Gasteiger partial charge in [0.25, 0.3) is 0 Å². The van der Waals surface area contributed by atoms with Crippen LogP contribution in [0, 0.1) is 20.8 Å². The molecule has 1 aromatic heterocycles. The molecule has 0 atom stereocenters. The first kappa shape index (κ1) is 16.2. The Kier molecular flexibility index (Phi) is 4.62. The molecule has 0 saturated carbocycles. The summed E-state index contributed by atoms with van der Waals surface area (Å²) in [6, 6.07) is 11.7. The van der Waals surface area contributed by atoms with E-state index in [-0.39, 0.29) is 0 Å². The number of anilines is 4. The number of nitrogens with one attached hydrogen (secondary N) is 2. The van der Waals surface area contributed by atoms with E-state index < -0.39 is 0 Å². The SMILES string of the molecule is Cc1cc(C)c(Nc2nncc(Nc3cccc(Cl)c3)n2)c(C)c1. The number of rotatable bonds is 4. The zero-order chi connectivity index (χ0) is 17.1. The highest BCUT2D eigenvalue weighted by Crippen LogP contribution is 2.25. The van der Waals surface area contributed by atoms with Crippen molar-refractivity contribution in [3.8, 4) is 0 Å². The van der Waals surface area contributed by atoms with E-state index in [2.05, 4.69) is 58.7 Å². The minimum absolute atomic E-state index is 0.442. The van der Waals surface area contributed by atoms with Crippen molar-refractivity contribution in [2.75, 3.05) is 10.6 Å². The second kappa shape index (κ2) is 6.84. The van der Waals surface area contributed by atoms with Gasteiger partial charge in [-0.3, -0.25) is 0 Å². The van der Waals surface area contributed by atoms with Crippen LogP contribution in [0.15, 0.2) is 42.6 Å². The summed E-state index contributed by atoms with van der Waals surface area (Å²) in [6.07, 6.45) is 1.57. The molecule has 2 aromatic carbocycles. The van der Waals surface area contributed by atoms with Gasteiger partial charge in [-0.15, -0.1) is 5.10 Å². The van der Waals surface area contributed by atoms with Crippen LogP contribution in [0.4, 0.5) is 23.1 Å². The van der Waals surface area contributed by atoms with Crippen LogP contribution >= 0.6 is 11.6 Å². The maximum atomic E-state index is 6.00. The van der Waals surface area contributed by atoms with Gasteiger partial charge in [0.15, 0.2) is 5.82 Å². The van der Waals surface area contributed by atoms with Crippen LogP contribution in [0.1, 0.15) is 16.7 Å². The second-order valence-electron chi connectivity index (χ2n) is 5.70. The number of halogens is 1. The lowest BCUT2D eigenvalue weighted by Gasteiger charge is -2.13. The maximum Gasteiger partial charge on any atom is 0.249 e. The van der Waals surface area contributed by atoms with Crippen LogP contribution in [0.25, 0.3) is 0 Å². The highest BCUT2D eigenvalue weighted by molar-refractivity contribution is 6.30. The Morgan fingerprint density at radius 1 is 0.958 bits per heavy atom. The molecule has 0 aliphatic rings. The Hall–Kier alpha value is -2.66. The minimum Gasteiger partial charge on any atom is -0.339 e. The fourth-order valence-electron chi connectivity index (χ4n) is 2.62. The summed E-state index contributed by atoms with van der Waals surface area (Å²) in [5.41, 5.74) is 5.36. The van der Waals surface area contributed by atoms with E-state index >= 15 is 0 Å². The molecule has 0 radical (unpaired) electrons. The van der Waals surface area contributed by atoms with Gasteiger partial charge in [0.05, 0.1) is 6.20 Å². The number of benzene rings is 2. The van der Waals surface area contributed by atoms with E-state index in [1.54, 1.807) is 6.20 Å². The average molecular weight is 340 g/mol. The van der Waals surface area contributed by atoms with Crippen LogP contribution in [0.2, 0.25) is 5.02 Å². The molecule has 0 aliphatic carbocycles. The standard InChI is InChI=1S/C18H18ClN5/c1-11-7-12(2)17(13(3)8-11)23-18-22-16(10-20-24-18)21-15-6-4-5-14(19)9-15/h4-10H,1-3H3,(H2,21,22,23,24). The van der Waals surface area contributed by atoms with Crippen molar-refractivity contribution in [3.05, 3.63) is 64.3 Å². The molecule has 0 saturated heterocycles. The van der Waals surface area contributed by atoms with Crippen molar-refractivity contribution >= 4 is 34.7 Å². The van der Waals surface area contributed by atoms with E-state index in [1.807, 2.05) is 24.3 Å². The molecule has 0 bridgehead atoms. The summed E-state index contributed by atoms with van der Waals surface area (Å²) >= 11 is 6.00. The Morgan fingerprint density at radius 3 is 2.42 bits per heavy atom. The maximum absolute atomic E-state index is 6.00. The molecule has 122 valence electrons. The summed E-state index contributed by atoms with van der Waals surface area (Å²) in [4.78, 5) is 4.46. The van der Waals surface area contributed by atoms with Crippen molar-refractivity contribution in [2.45, 2.75) is 20.8 Å². The Labute approximate surface area is 146 Å². The highest BCUT2D eigenvalue weighted by atomic mass is 35.5. The minimum atomic E-state index is 0.442. The van der Waals surface area contributed by atoms with Gasteiger partial charge in [0, 0.05) is 16.4 Å². The lowest BCUT2D eigenvalue weighted by atomic mass is 10.1. The van der Waals surface area contributed by atoms with Crippen LogP contribution in [-0.2, 0) is 0 Å². The molecule has 1 heterocycles. The lowest BCUT2D eigenvalue weighted by Crippen LogP contribution is -2.04. The van der Waals surface area contributed by atoms with E-state index in [0.29, 0.717) is 16.8 Å². The monoisotopic (exact) mass is 339 g/mol. The van der Waals surface area contributed by atoms with Gasteiger partial charge in [0.1, 0.15) is 0 Å². The third-order valence-corrected chi connectivity index (χ3v) is 3.80. The van der Waals surface area contributed by atoms with Crippen molar-refractivity contribution in [3.63, 3.8) is 0 Å². The molecule has 3 aromatic rings. The Morgan fingerprint density at radius 2 is 1.71 bits per heavy atom. The van der Waals surface area contributed by atoms with Crippen LogP contribution in [0.5, 0.6) is 0 Å². The summed E-state index contributed by atoms with van der Waals surface area (Å²) in [5.74, 6) is 1.04. The predicted octanol–water partition coefficient (Wildman–Crippen LogP) is 4.94. The van der Waals surface area contributed by atoms with Crippen molar-refractivity contribution < 1.29 is 0 Å². The van der Waals surface area contributed by atoms with E-state index in [1.165, 1.54) is 5.56 Å².